The van der Waals surface area contributed by atoms with Crippen LogP contribution < -0.4 is 10.1 Å². The summed E-state index contributed by atoms with van der Waals surface area (Å²) in [4.78, 5) is 0. The van der Waals surface area contributed by atoms with Gasteiger partial charge in [0.05, 0.1) is 12.6 Å². The van der Waals surface area contributed by atoms with E-state index in [1.54, 1.807) is 4.52 Å². The summed E-state index contributed by atoms with van der Waals surface area (Å²) in [5.41, 5.74) is 3.28. The minimum absolute atomic E-state index is 0.189. The average Bonchev–Trinajstić information content (AvgIpc) is 2.95. The van der Waals surface area contributed by atoms with E-state index in [-0.39, 0.29) is 6.04 Å². The van der Waals surface area contributed by atoms with E-state index in [2.05, 4.69) is 52.7 Å². The van der Waals surface area contributed by atoms with Gasteiger partial charge in [0, 0.05) is 12.0 Å². The summed E-state index contributed by atoms with van der Waals surface area (Å²) in [5, 5.41) is 16.3. The number of fused-ring (bicyclic) bond motifs is 2. The highest BCUT2D eigenvalue weighted by Crippen LogP contribution is 2.36. The molecule has 3 aromatic rings. The number of aromatic nitrogens is 4. The number of hydrogen-bond donors (Lipinski definition) is 1. The minimum Gasteiger partial charge on any atom is -0.493 e. The Kier molecular flexibility index (Phi) is 3.59. The molecule has 0 saturated carbocycles. The van der Waals surface area contributed by atoms with E-state index in [0.717, 1.165) is 29.5 Å². The average molecular weight is 323 g/mol. The Bertz CT molecular complexity index is 886. The van der Waals surface area contributed by atoms with Crippen molar-refractivity contribution in [1.82, 2.24) is 19.8 Å². The third kappa shape index (κ3) is 2.58. The molecule has 0 aliphatic carbocycles. The molecule has 0 saturated heterocycles. The summed E-state index contributed by atoms with van der Waals surface area (Å²) in [7, 11) is 0. The van der Waals surface area contributed by atoms with Gasteiger partial charge in [-0.2, -0.15) is 4.52 Å². The van der Waals surface area contributed by atoms with Crippen LogP contribution >= 0.6 is 0 Å². The maximum absolute atomic E-state index is 5.82. The van der Waals surface area contributed by atoms with Gasteiger partial charge in [-0.3, -0.25) is 0 Å². The van der Waals surface area contributed by atoms with Gasteiger partial charge in [0.15, 0.2) is 11.5 Å². The molecule has 0 radical (unpaired) electrons. The Morgan fingerprint density at radius 1 is 1.21 bits per heavy atom. The van der Waals surface area contributed by atoms with E-state index in [1.807, 2.05) is 19.1 Å². The van der Waals surface area contributed by atoms with Crippen LogP contribution in [0.2, 0.25) is 0 Å². The third-order valence-corrected chi connectivity index (χ3v) is 4.48. The molecule has 1 aromatic carbocycles. The number of nitrogens with zero attached hydrogens (tertiary/aromatic N) is 4. The zero-order valence-electron chi connectivity index (χ0n) is 14.2. The molecular weight excluding hydrogens is 302 g/mol. The lowest BCUT2D eigenvalue weighted by Crippen LogP contribution is -2.21. The van der Waals surface area contributed by atoms with Crippen molar-refractivity contribution >= 4 is 11.5 Å². The van der Waals surface area contributed by atoms with Crippen molar-refractivity contribution in [3.63, 3.8) is 0 Å². The first-order chi connectivity index (χ1) is 11.6. The number of hydrogen-bond acceptors (Lipinski definition) is 5. The summed E-state index contributed by atoms with van der Waals surface area (Å²) >= 11 is 0. The van der Waals surface area contributed by atoms with E-state index in [9.17, 15) is 0 Å². The van der Waals surface area contributed by atoms with Crippen LogP contribution in [0.3, 0.4) is 0 Å². The fourth-order valence-electron chi connectivity index (χ4n) is 3.07. The highest BCUT2D eigenvalue weighted by atomic mass is 16.5. The van der Waals surface area contributed by atoms with Gasteiger partial charge < -0.3 is 10.1 Å². The molecule has 6 nitrogen and oxygen atoms in total. The van der Waals surface area contributed by atoms with E-state index < -0.39 is 0 Å². The first-order valence-corrected chi connectivity index (χ1v) is 8.34. The zero-order valence-corrected chi connectivity index (χ0v) is 14.2. The smallest absolute Gasteiger partial charge is 0.178 e. The maximum atomic E-state index is 5.82. The molecule has 1 N–H and O–H groups in total. The van der Waals surface area contributed by atoms with E-state index in [0.29, 0.717) is 12.5 Å². The number of ether oxygens (including phenoxy) is 1. The molecule has 4 rings (SSSR count). The van der Waals surface area contributed by atoms with E-state index in [4.69, 9.17) is 4.74 Å². The molecule has 1 aliphatic rings. The number of rotatable bonds is 3. The van der Waals surface area contributed by atoms with Crippen LogP contribution in [0, 0.1) is 6.92 Å². The van der Waals surface area contributed by atoms with Crippen LogP contribution in [-0.4, -0.2) is 26.4 Å². The second-order valence-corrected chi connectivity index (χ2v) is 6.52. The Hall–Kier alpha value is -2.63. The largest absolute Gasteiger partial charge is 0.493 e. The van der Waals surface area contributed by atoms with Gasteiger partial charge in [0.25, 0.3) is 0 Å². The Morgan fingerprint density at radius 2 is 2.08 bits per heavy atom. The lowest BCUT2D eigenvalue weighted by molar-refractivity contribution is 0.274. The summed E-state index contributed by atoms with van der Waals surface area (Å²) in [5.74, 6) is 3.05. The standard InChI is InChI=1S/C18H21N5O/c1-11(2)13-4-5-16-14(10-13)15(8-9-24-16)19-17-6-7-18-21-20-12(3)23(18)22-17/h4-7,10-11,15H,8-9H2,1-3H3,(H,19,22)/t15-/m0/s1. The minimum atomic E-state index is 0.189. The Labute approximate surface area is 140 Å². The zero-order chi connectivity index (χ0) is 16.7. The third-order valence-electron chi connectivity index (χ3n) is 4.48. The van der Waals surface area contributed by atoms with Crippen LogP contribution in [0.4, 0.5) is 5.82 Å². The summed E-state index contributed by atoms with van der Waals surface area (Å²) in [6.07, 6.45) is 0.912. The summed E-state index contributed by atoms with van der Waals surface area (Å²) in [6.45, 7) is 7.02. The highest BCUT2D eigenvalue weighted by Gasteiger charge is 2.23. The molecule has 6 heteroatoms. The van der Waals surface area contributed by atoms with Crippen molar-refractivity contribution in [2.24, 2.45) is 0 Å². The first-order valence-electron chi connectivity index (χ1n) is 8.34. The second-order valence-electron chi connectivity index (χ2n) is 6.52. The van der Waals surface area contributed by atoms with Gasteiger partial charge in [0.1, 0.15) is 11.6 Å². The van der Waals surface area contributed by atoms with Crippen molar-refractivity contribution in [2.75, 3.05) is 11.9 Å². The second kappa shape index (κ2) is 5.78. The van der Waals surface area contributed by atoms with Crippen LogP contribution in [0.25, 0.3) is 5.65 Å². The van der Waals surface area contributed by atoms with Crippen LogP contribution in [-0.2, 0) is 0 Å². The van der Waals surface area contributed by atoms with E-state index >= 15 is 0 Å². The normalized spacial score (nSPS) is 16.9. The number of aryl methyl sites for hydroxylation is 1. The molecule has 0 bridgehead atoms. The van der Waals surface area contributed by atoms with Crippen LogP contribution in [0.5, 0.6) is 5.75 Å². The molecule has 0 fully saturated rings. The quantitative estimate of drug-likeness (QED) is 0.799. The van der Waals surface area contributed by atoms with Crippen LogP contribution in [0.1, 0.15) is 49.2 Å². The van der Waals surface area contributed by atoms with Gasteiger partial charge in [-0.25, -0.2) is 0 Å². The monoisotopic (exact) mass is 323 g/mol. The van der Waals surface area contributed by atoms with Crippen molar-refractivity contribution < 1.29 is 4.74 Å². The first kappa shape index (κ1) is 14.9. The number of anilines is 1. The predicted octanol–water partition coefficient (Wildman–Crippen LogP) is 3.49. The van der Waals surface area contributed by atoms with Gasteiger partial charge in [0.2, 0.25) is 0 Å². The summed E-state index contributed by atoms with van der Waals surface area (Å²) in [6, 6.07) is 10.6. The van der Waals surface area contributed by atoms with Gasteiger partial charge in [-0.05, 0) is 42.7 Å². The Morgan fingerprint density at radius 3 is 2.92 bits per heavy atom. The van der Waals surface area contributed by atoms with Crippen molar-refractivity contribution in [2.45, 2.75) is 39.2 Å². The SMILES string of the molecule is Cc1nnc2ccc(N[C@H]3CCOc4ccc(C(C)C)cc43)nn12. The van der Waals surface area contributed by atoms with E-state index in [1.165, 1.54) is 11.1 Å². The molecule has 3 heterocycles. The topological polar surface area (TPSA) is 64.3 Å². The summed E-state index contributed by atoms with van der Waals surface area (Å²) < 4.78 is 7.57. The lowest BCUT2D eigenvalue weighted by atomic mass is 9.94. The Balaban J connectivity index is 1.67. The van der Waals surface area contributed by atoms with Gasteiger partial charge in [-0.15, -0.1) is 15.3 Å². The van der Waals surface area contributed by atoms with Gasteiger partial charge in [-0.1, -0.05) is 19.9 Å². The van der Waals surface area contributed by atoms with Crippen molar-refractivity contribution in [3.8, 4) is 5.75 Å². The molecule has 124 valence electrons. The number of nitrogens with one attached hydrogen (secondary N) is 1. The lowest BCUT2D eigenvalue weighted by Gasteiger charge is -2.28. The van der Waals surface area contributed by atoms with Crippen molar-refractivity contribution in [3.05, 3.63) is 47.3 Å². The molecule has 1 atom stereocenters. The van der Waals surface area contributed by atoms with Gasteiger partial charge >= 0.3 is 0 Å². The maximum Gasteiger partial charge on any atom is 0.178 e. The molecule has 24 heavy (non-hydrogen) atoms. The predicted molar refractivity (Wildman–Crippen MR) is 92.5 cm³/mol. The fourth-order valence-corrected chi connectivity index (χ4v) is 3.07. The molecular formula is C18H21N5O. The highest BCUT2D eigenvalue weighted by molar-refractivity contribution is 5.49. The fraction of sp³-hybridized carbons (Fsp3) is 0.389. The number of benzene rings is 1. The molecule has 2 aromatic heterocycles. The van der Waals surface area contributed by atoms with Crippen LogP contribution in [0.15, 0.2) is 30.3 Å². The molecule has 0 spiro atoms. The molecule has 1 aliphatic heterocycles. The van der Waals surface area contributed by atoms with Crippen molar-refractivity contribution in [1.29, 1.82) is 0 Å². The molecule has 0 unspecified atom stereocenters. The molecule has 0 amide bonds.